The molecule has 0 spiro atoms. The van der Waals surface area contributed by atoms with Crippen LogP contribution in [-0.2, 0) is 12.8 Å². The van der Waals surface area contributed by atoms with Gasteiger partial charge < -0.3 is 9.51 Å². The van der Waals surface area contributed by atoms with Crippen molar-refractivity contribution in [3.63, 3.8) is 0 Å². The molecule has 3 aromatic heterocycles. The molecule has 0 fully saturated rings. The quantitative estimate of drug-likeness (QED) is 0.785. The van der Waals surface area contributed by atoms with Gasteiger partial charge in [0, 0.05) is 18.0 Å². The highest BCUT2D eigenvalue weighted by Crippen LogP contribution is 2.41. The molecular weight excluding hydrogens is 281 g/mol. The summed E-state index contributed by atoms with van der Waals surface area (Å²) in [6.07, 6.45) is -1.50. The standard InChI is InChI=1S/C15H11F3N2O/c16-15(17,18)13-10(9-21)14(11-5-1-3-7-19-11)20-8-4-2-6-12(13)20/h1-8,21H,9H2. The Balaban J connectivity index is 2.45. The fraction of sp³-hybridized carbons (Fsp3) is 0.133. The topological polar surface area (TPSA) is 37.5 Å². The monoisotopic (exact) mass is 292 g/mol. The van der Waals surface area contributed by atoms with E-state index in [2.05, 4.69) is 4.98 Å². The Morgan fingerprint density at radius 3 is 2.48 bits per heavy atom. The smallest absolute Gasteiger partial charge is 0.392 e. The average molecular weight is 292 g/mol. The molecule has 0 aliphatic carbocycles. The van der Waals surface area contributed by atoms with Crippen molar-refractivity contribution in [1.29, 1.82) is 0 Å². The maximum absolute atomic E-state index is 13.3. The van der Waals surface area contributed by atoms with Crippen LogP contribution in [0.1, 0.15) is 11.1 Å². The molecule has 21 heavy (non-hydrogen) atoms. The van der Waals surface area contributed by atoms with Crippen LogP contribution in [0.3, 0.4) is 0 Å². The van der Waals surface area contributed by atoms with Crippen LogP contribution in [0, 0.1) is 0 Å². The molecule has 0 radical (unpaired) electrons. The van der Waals surface area contributed by atoms with Crippen LogP contribution in [-0.4, -0.2) is 14.5 Å². The van der Waals surface area contributed by atoms with E-state index in [4.69, 9.17) is 0 Å². The number of alkyl halides is 3. The largest absolute Gasteiger partial charge is 0.418 e. The lowest BCUT2D eigenvalue weighted by molar-refractivity contribution is -0.137. The third-order valence-corrected chi connectivity index (χ3v) is 3.29. The highest BCUT2D eigenvalue weighted by Gasteiger charge is 2.38. The van der Waals surface area contributed by atoms with Gasteiger partial charge >= 0.3 is 6.18 Å². The summed E-state index contributed by atoms with van der Waals surface area (Å²) in [6.45, 7) is -0.706. The van der Waals surface area contributed by atoms with Crippen molar-refractivity contribution in [3.05, 3.63) is 59.9 Å². The summed E-state index contributed by atoms with van der Waals surface area (Å²) in [5, 5.41) is 9.48. The first-order chi connectivity index (χ1) is 10.0. The number of hydrogen-bond acceptors (Lipinski definition) is 2. The highest BCUT2D eigenvalue weighted by atomic mass is 19.4. The number of halogens is 3. The van der Waals surface area contributed by atoms with Crippen LogP contribution in [0.2, 0.25) is 0 Å². The van der Waals surface area contributed by atoms with E-state index in [1.165, 1.54) is 28.9 Å². The van der Waals surface area contributed by atoms with Crippen molar-refractivity contribution in [2.24, 2.45) is 0 Å². The Bertz CT molecular complexity index is 779. The molecule has 0 aromatic carbocycles. The van der Waals surface area contributed by atoms with E-state index in [1.54, 1.807) is 24.3 Å². The van der Waals surface area contributed by atoms with Gasteiger partial charge in [0.15, 0.2) is 0 Å². The van der Waals surface area contributed by atoms with Crippen LogP contribution in [0.5, 0.6) is 0 Å². The molecule has 0 saturated carbocycles. The van der Waals surface area contributed by atoms with E-state index in [9.17, 15) is 18.3 Å². The molecule has 3 rings (SSSR count). The van der Waals surface area contributed by atoms with Crippen LogP contribution < -0.4 is 0 Å². The van der Waals surface area contributed by atoms with Crippen LogP contribution >= 0.6 is 0 Å². The van der Waals surface area contributed by atoms with Gasteiger partial charge in [-0.05, 0) is 24.3 Å². The number of pyridine rings is 2. The molecule has 3 heterocycles. The lowest BCUT2D eigenvalue weighted by Gasteiger charge is -2.08. The molecule has 0 aliphatic heterocycles. The molecule has 0 atom stereocenters. The third kappa shape index (κ3) is 2.17. The van der Waals surface area contributed by atoms with E-state index in [0.29, 0.717) is 5.69 Å². The Morgan fingerprint density at radius 1 is 1.10 bits per heavy atom. The summed E-state index contributed by atoms with van der Waals surface area (Å²) >= 11 is 0. The predicted octanol–water partition coefficient (Wildman–Crippen LogP) is 3.51. The van der Waals surface area contributed by atoms with Crippen molar-refractivity contribution in [2.45, 2.75) is 12.8 Å². The zero-order valence-corrected chi connectivity index (χ0v) is 10.8. The molecular formula is C15H11F3N2O. The van der Waals surface area contributed by atoms with E-state index >= 15 is 0 Å². The van der Waals surface area contributed by atoms with E-state index in [0.717, 1.165) is 0 Å². The maximum atomic E-state index is 13.3. The zero-order chi connectivity index (χ0) is 15.0. The minimum absolute atomic E-state index is 0.00898. The number of hydrogen-bond donors (Lipinski definition) is 1. The van der Waals surface area contributed by atoms with Gasteiger partial charge in [0.05, 0.1) is 29.1 Å². The summed E-state index contributed by atoms with van der Waals surface area (Å²) in [7, 11) is 0. The first-order valence-electron chi connectivity index (χ1n) is 6.25. The van der Waals surface area contributed by atoms with Crippen LogP contribution in [0.25, 0.3) is 16.9 Å². The van der Waals surface area contributed by atoms with Gasteiger partial charge in [-0.15, -0.1) is 0 Å². The molecule has 0 unspecified atom stereocenters. The fourth-order valence-corrected chi connectivity index (χ4v) is 2.51. The van der Waals surface area contributed by atoms with Crippen molar-refractivity contribution < 1.29 is 18.3 Å². The van der Waals surface area contributed by atoms with Gasteiger partial charge in [-0.2, -0.15) is 13.2 Å². The summed E-state index contributed by atoms with van der Waals surface area (Å²) in [6, 6.07) is 9.55. The summed E-state index contributed by atoms with van der Waals surface area (Å²) < 4.78 is 41.5. The van der Waals surface area contributed by atoms with Gasteiger partial charge in [-0.3, -0.25) is 4.98 Å². The highest BCUT2D eigenvalue weighted by molar-refractivity contribution is 5.74. The van der Waals surface area contributed by atoms with Gasteiger partial charge in [0.2, 0.25) is 0 Å². The number of fused-ring (bicyclic) bond motifs is 1. The Kier molecular flexibility index (Phi) is 3.17. The second-order valence-electron chi connectivity index (χ2n) is 4.53. The molecule has 0 amide bonds. The number of aliphatic hydroxyl groups is 1. The molecule has 0 bridgehead atoms. The summed E-state index contributed by atoms with van der Waals surface area (Å²) in [4.78, 5) is 4.10. The van der Waals surface area contributed by atoms with E-state index in [-0.39, 0.29) is 16.8 Å². The fourth-order valence-electron chi connectivity index (χ4n) is 2.51. The number of aromatic nitrogens is 2. The molecule has 6 heteroatoms. The minimum Gasteiger partial charge on any atom is -0.392 e. The van der Waals surface area contributed by atoms with E-state index in [1.807, 2.05) is 0 Å². The van der Waals surface area contributed by atoms with Crippen molar-refractivity contribution in [3.8, 4) is 11.4 Å². The predicted molar refractivity (Wildman–Crippen MR) is 71.6 cm³/mol. The van der Waals surface area contributed by atoms with Crippen LogP contribution in [0.4, 0.5) is 13.2 Å². The number of aliphatic hydroxyl groups excluding tert-OH is 1. The normalized spacial score (nSPS) is 12.0. The third-order valence-electron chi connectivity index (χ3n) is 3.29. The summed E-state index contributed by atoms with van der Waals surface area (Å²) in [5.74, 6) is 0. The molecule has 0 aliphatic rings. The second-order valence-corrected chi connectivity index (χ2v) is 4.53. The Morgan fingerprint density at radius 2 is 1.86 bits per heavy atom. The first kappa shape index (κ1) is 13.6. The average Bonchev–Trinajstić information content (AvgIpc) is 2.82. The molecule has 108 valence electrons. The molecule has 3 aromatic rings. The van der Waals surface area contributed by atoms with Gasteiger partial charge in [-0.25, -0.2) is 0 Å². The van der Waals surface area contributed by atoms with Crippen LogP contribution in [0.15, 0.2) is 48.8 Å². The number of nitrogens with zero attached hydrogens (tertiary/aromatic N) is 2. The molecule has 0 saturated heterocycles. The minimum atomic E-state index is -4.54. The Labute approximate surface area is 118 Å². The first-order valence-corrected chi connectivity index (χ1v) is 6.25. The number of rotatable bonds is 2. The molecule has 1 N–H and O–H groups in total. The Hall–Kier alpha value is -2.34. The van der Waals surface area contributed by atoms with Gasteiger partial charge in [-0.1, -0.05) is 12.1 Å². The lowest BCUT2D eigenvalue weighted by atomic mass is 10.1. The summed E-state index contributed by atoms with van der Waals surface area (Å²) in [5.41, 5.74) is -0.312. The molecule has 3 nitrogen and oxygen atoms in total. The maximum Gasteiger partial charge on any atom is 0.418 e. The van der Waals surface area contributed by atoms with Gasteiger partial charge in [0.25, 0.3) is 0 Å². The SMILES string of the molecule is OCc1c(C(F)(F)F)c2ccccn2c1-c1ccccn1. The van der Waals surface area contributed by atoms with Gasteiger partial charge in [0.1, 0.15) is 0 Å². The second kappa shape index (κ2) is 4.89. The van der Waals surface area contributed by atoms with Crippen molar-refractivity contribution in [1.82, 2.24) is 9.38 Å². The zero-order valence-electron chi connectivity index (χ0n) is 10.8. The van der Waals surface area contributed by atoms with E-state index < -0.39 is 18.3 Å². The van der Waals surface area contributed by atoms with Crippen molar-refractivity contribution >= 4 is 5.52 Å². The lowest BCUT2D eigenvalue weighted by Crippen LogP contribution is -2.07. The van der Waals surface area contributed by atoms with Crippen molar-refractivity contribution in [2.75, 3.05) is 0 Å².